The number of ether oxygens (including phenoxy) is 2. The van der Waals surface area contributed by atoms with Crippen molar-refractivity contribution < 1.29 is 28.3 Å². The number of fused-ring (bicyclic) bond motifs is 1. The van der Waals surface area contributed by atoms with Crippen molar-refractivity contribution in [2.24, 2.45) is 0 Å². The number of carbonyl (C=O) groups excluding carboxylic acids is 3. The summed E-state index contributed by atoms with van der Waals surface area (Å²) in [4.78, 5) is 38.2. The minimum absolute atomic E-state index is 0.0473. The van der Waals surface area contributed by atoms with Crippen LogP contribution in [0.15, 0.2) is 41.0 Å². The molecule has 0 radical (unpaired) electrons. The van der Waals surface area contributed by atoms with Gasteiger partial charge in [-0.2, -0.15) is 0 Å². The maximum absolute atomic E-state index is 12.5. The maximum atomic E-state index is 12.5. The second-order valence-corrected chi connectivity index (χ2v) is 6.09. The van der Waals surface area contributed by atoms with Gasteiger partial charge in [0.25, 0.3) is 11.8 Å². The Labute approximate surface area is 150 Å². The molecule has 2 amide bonds. The van der Waals surface area contributed by atoms with Gasteiger partial charge in [0.2, 0.25) is 0 Å². The standard InChI is InChI=1S/C19H19NO6/c1-12(2)24-8-9-26-19(23)13-5-6-15-16(10-13)18(22)20(17(15)21)11-14-4-3-7-25-14/h3-7,10,12H,8-9,11H2,1-2H3. The summed E-state index contributed by atoms with van der Waals surface area (Å²) in [6, 6.07) is 7.71. The molecule has 0 saturated carbocycles. The molecule has 0 spiro atoms. The van der Waals surface area contributed by atoms with Gasteiger partial charge in [-0.25, -0.2) is 4.79 Å². The van der Waals surface area contributed by atoms with E-state index >= 15 is 0 Å². The number of rotatable bonds is 7. The van der Waals surface area contributed by atoms with E-state index in [4.69, 9.17) is 13.9 Å². The van der Waals surface area contributed by atoms with Crippen molar-refractivity contribution in [3.8, 4) is 0 Å². The summed E-state index contributed by atoms with van der Waals surface area (Å²) in [7, 11) is 0. The van der Waals surface area contributed by atoms with Gasteiger partial charge in [0, 0.05) is 0 Å². The van der Waals surface area contributed by atoms with Crippen molar-refractivity contribution in [2.45, 2.75) is 26.5 Å². The zero-order valence-corrected chi connectivity index (χ0v) is 14.6. The summed E-state index contributed by atoms with van der Waals surface area (Å²) >= 11 is 0. The first-order valence-electron chi connectivity index (χ1n) is 8.28. The van der Waals surface area contributed by atoms with E-state index in [0.29, 0.717) is 12.4 Å². The molecule has 136 valence electrons. The predicted octanol–water partition coefficient (Wildman–Crippen LogP) is 2.66. The molecule has 0 atom stereocenters. The van der Waals surface area contributed by atoms with Crippen LogP contribution >= 0.6 is 0 Å². The van der Waals surface area contributed by atoms with Crippen LogP contribution in [0.5, 0.6) is 0 Å². The van der Waals surface area contributed by atoms with Gasteiger partial charge in [-0.3, -0.25) is 14.5 Å². The van der Waals surface area contributed by atoms with Gasteiger partial charge in [0.1, 0.15) is 12.4 Å². The molecule has 0 saturated heterocycles. The smallest absolute Gasteiger partial charge is 0.338 e. The highest BCUT2D eigenvalue weighted by Gasteiger charge is 2.36. The van der Waals surface area contributed by atoms with Crippen molar-refractivity contribution in [3.63, 3.8) is 0 Å². The number of amides is 2. The molecular formula is C19H19NO6. The van der Waals surface area contributed by atoms with Crippen LogP contribution in [0.3, 0.4) is 0 Å². The quantitative estimate of drug-likeness (QED) is 0.430. The summed E-state index contributed by atoms with van der Waals surface area (Å²) in [6.07, 6.45) is 1.53. The highest BCUT2D eigenvalue weighted by Crippen LogP contribution is 2.26. The van der Waals surface area contributed by atoms with E-state index in [1.807, 2.05) is 13.8 Å². The van der Waals surface area contributed by atoms with Gasteiger partial charge in [0.05, 0.1) is 42.2 Å². The number of nitrogens with zero attached hydrogens (tertiary/aromatic N) is 1. The maximum Gasteiger partial charge on any atom is 0.338 e. The van der Waals surface area contributed by atoms with E-state index in [1.54, 1.807) is 12.1 Å². The molecule has 1 aliphatic rings. The first-order chi connectivity index (χ1) is 12.5. The van der Waals surface area contributed by atoms with Crippen LogP contribution in [0, 0.1) is 0 Å². The lowest BCUT2D eigenvalue weighted by molar-refractivity contribution is 0.0177. The van der Waals surface area contributed by atoms with Gasteiger partial charge < -0.3 is 13.9 Å². The second-order valence-electron chi connectivity index (χ2n) is 6.09. The molecule has 0 aliphatic carbocycles. The number of hydrogen-bond acceptors (Lipinski definition) is 6. The van der Waals surface area contributed by atoms with Crippen molar-refractivity contribution in [1.29, 1.82) is 0 Å². The SMILES string of the molecule is CC(C)OCCOC(=O)c1ccc2c(c1)C(=O)N(Cc1ccco1)C2=O. The summed E-state index contributed by atoms with van der Waals surface area (Å²) in [6.45, 7) is 4.23. The molecule has 2 heterocycles. The Morgan fingerprint density at radius 1 is 1.12 bits per heavy atom. The fourth-order valence-corrected chi connectivity index (χ4v) is 2.62. The topological polar surface area (TPSA) is 86.1 Å². The van der Waals surface area contributed by atoms with Crippen molar-refractivity contribution in [1.82, 2.24) is 4.90 Å². The van der Waals surface area contributed by atoms with Crippen LogP contribution in [-0.4, -0.2) is 42.0 Å². The number of benzene rings is 1. The lowest BCUT2D eigenvalue weighted by atomic mass is 10.1. The van der Waals surface area contributed by atoms with E-state index in [9.17, 15) is 14.4 Å². The molecular weight excluding hydrogens is 338 g/mol. The van der Waals surface area contributed by atoms with Gasteiger partial charge >= 0.3 is 5.97 Å². The third-order valence-electron chi connectivity index (χ3n) is 3.87. The molecule has 3 rings (SSSR count). The van der Waals surface area contributed by atoms with E-state index in [2.05, 4.69) is 0 Å². The van der Waals surface area contributed by atoms with Gasteiger partial charge in [0.15, 0.2) is 0 Å². The summed E-state index contributed by atoms with van der Waals surface area (Å²) in [5, 5.41) is 0. The second kappa shape index (κ2) is 7.53. The predicted molar refractivity (Wildman–Crippen MR) is 90.7 cm³/mol. The average Bonchev–Trinajstić information content (AvgIpc) is 3.21. The Kier molecular flexibility index (Phi) is 5.18. The Morgan fingerprint density at radius 2 is 1.88 bits per heavy atom. The Bertz CT molecular complexity index is 825. The van der Waals surface area contributed by atoms with Crippen molar-refractivity contribution in [2.75, 3.05) is 13.2 Å². The molecule has 0 unspecified atom stereocenters. The molecule has 1 aliphatic heterocycles. The molecule has 1 aromatic heterocycles. The minimum atomic E-state index is -0.565. The van der Waals surface area contributed by atoms with E-state index in [0.717, 1.165) is 4.90 Å². The highest BCUT2D eigenvalue weighted by atomic mass is 16.6. The van der Waals surface area contributed by atoms with Gasteiger partial charge in [-0.15, -0.1) is 0 Å². The highest BCUT2D eigenvalue weighted by molar-refractivity contribution is 6.21. The number of carbonyl (C=O) groups is 3. The van der Waals surface area contributed by atoms with Gasteiger partial charge in [-0.05, 0) is 44.2 Å². The van der Waals surface area contributed by atoms with E-state index in [1.165, 1.54) is 24.5 Å². The number of esters is 1. The normalized spacial score (nSPS) is 13.4. The molecule has 0 fully saturated rings. The number of hydrogen-bond donors (Lipinski definition) is 0. The van der Waals surface area contributed by atoms with Crippen LogP contribution in [0.4, 0.5) is 0 Å². The first-order valence-corrected chi connectivity index (χ1v) is 8.28. The third-order valence-corrected chi connectivity index (χ3v) is 3.87. The molecule has 7 heteroatoms. The van der Waals surface area contributed by atoms with Crippen LogP contribution in [0.2, 0.25) is 0 Å². The average molecular weight is 357 g/mol. The minimum Gasteiger partial charge on any atom is -0.467 e. The third kappa shape index (κ3) is 3.67. The van der Waals surface area contributed by atoms with Crippen LogP contribution in [0.1, 0.15) is 50.7 Å². The fourth-order valence-electron chi connectivity index (χ4n) is 2.62. The summed E-state index contributed by atoms with van der Waals surface area (Å²) in [5.74, 6) is -0.931. The molecule has 26 heavy (non-hydrogen) atoms. The lowest BCUT2D eigenvalue weighted by Crippen LogP contribution is -2.28. The lowest BCUT2D eigenvalue weighted by Gasteiger charge is -2.11. The zero-order valence-electron chi connectivity index (χ0n) is 14.6. The largest absolute Gasteiger partial charge is 0.467 e. The zero-order chi connectivity index (χ0) is 18.7. The van der Waals surface area contributed by atoms with E-state index < -0.39 is 17.8 Å². The Morgan fingerprint density at radius 3 is 2.58 bits per heavy atom. The van der Waals surface area contributed by atoms with Gasteiger partial charge in [-0.1, -0.05) is 0 Å². The summed E-state index contributed by atoms with van der Waals surface area (Å²) in [5.41, 5.74) is 0.671. The van der Waals surface area contributed by atoms with Crippen molar-refractivity contribution in [3.05, 3.63) is 59.0 Å². The Hall–Kier alpha value is -2.93. The first kappa shape index (κ1) is 17.9. The fraction of sp³-hybridized carbons (Fsp3) is 0.316. The van der Waals surface area contributed by atoms with Crippen LogP contribution in [0.25, 0.3) is 0 Å². The molecule has 0 bridgehead atoms. The number of furan rings is 1. The monoisotopic (exact) mass is 357 g/mol. The summed E-state index contributed by atoms with van der Waals surface area (Å²) < 4.78 is 15.6. The molecule has 7 nitrogen and oxygen atoms in total. The molecule has 1 aromatic carbocycles. The van der Waals surface area contributed by atoms with Crippen molar-refractivity contribution >= 4 is 17.8 Å². The Balaban J connectivity index is 1.70. The van der Waals surface area contributed by atoms with Crippen LogP contribution < -0.4 is 0 Å². The molecule has 2 aromatic rings. The van der Waals surface area contributed by atoms with Crippen LogP contribution in [-0.2, 0) is 16.0 Å². The molecule has 0 N–H and O–H groups in total. The van der Waals surface area contributed by atoms with E-state index in [-0.39, 0.29) is 35.9 Å². The number of imide groups is 1.